The maximum atomic E-state index is 12.2. The number of ether oxygens (including phenoxy) is 1. The average molecular weight is 452 g/mol. The molecular weight excluding hydrogens is 418 g/mol. The average Bonchev–Trinajstić information content (AvgIpc) is 3.34. The van der Waals surface area contributed by atoms with Crippen LogP contribution in [0.2, 0.25) is 0 Å². The van der Waals surface area contributed by atoms with Gasteiger partial charge in [0, 0.05) is 69.7 Å². The van der Waals surface area contributed by atoms with Crippen molar-refractivity contribution in [3.8, 4) is 5.69 Å². The summed E-state index contributed by atoms with van der Waals surface area (Å²) in [5, 5.41) is 10.8. The fourth-order valence-electron chi connectivity index (χ4n) is 3.87. The molecule has 3 heterocycles. The number of anilines is 2. The first kappa shape index (κ1) is 23.0. The first-order chi connectivity index (χ1) is 16.2. The zero-order chi connectivity index (χ0) is 23.0. The highest BCUT2D eigenvalue weighted by molar-refractivity contribution is 5.91. The Morgan fingerprint density at radius 3 is 2.79 bits per heavy atom. The second kappa shape index (κ2) is 11.1. The lowest BCUT2D eigenvalue weighted by atomic mass is 10.2. The van der Waals surface area contributed by atoms with Crippen LogP contribution in [-0.4, -0.2) is 71.8 Å². The first-order valence-corrected chi connectivity index (χ1v) is 11.6. The third-order valence-corrected chi connectivity index (χ3v) is 5.71. The van der Waals surface area contributed by atoms with E-state index in [4.69, 9.17) is 4.74 Å². The van der Waals surface area contributed by atoms with Gasteiger partial charge in [0.25, 0.3) is 0 Å². The van der Waals surface area contributed by atoms with E-state index in [2.05, 4.69) is 67.9 Å². The topological polar surface area (TPSA) is 96.3 Å². The van der Waals surface area contributed by atoms with E-state index in [1.54, 1.807) is 0 Å². The van der Waals surface area contributed by atoms with Gasteiger partial charge in [-0.2, -0.15) is 4.98 Å². The largest absolute Gasteiger partial charge is 0.378 e. The number of hydrogen-bond donors (Lipinski definition) is 3. The summed E-state index contributed by atoms with van der Waals surface area (Å²) in [6.07, 6.45) is 5.69. The first-order valence-electron chi connectivity index (χ1n) is 11.6. The number of carbonyl (C=O) groups excluding carboxylic acids is 1. The molecule has 0 bridgehead atoms. The molecule has 3 N–H and O–H groups in total. The Balaban J connectivity index is 1.38. The molecule has 176 valence electrons. The fraction of sp³-hybridized carbons (Fsp3) is 0.458. The van der Waals surface area contributed by atoms with Crippen LogP contribution in [0, 0.1) is 0 Å². The minimum absolute atomic E-state index is 0.190. The summed E-state index contributed by atoms with van der Waals surface area (Å²) in [6.45, 7) is 7.05. The van der Waals surface area contributed by atoms with E-state index in [1.807, 2.05) is 18.1 Å². The number of carbonyl (C=O) groups is 1. The van der Waals surface area contributed by atoms with Gasteiger partial charge in [-0.3, -0.25) is 4.79 Å². The summed E-state index contributed by atoms with van der Waals surface area (Å²) >= 11 is 0. The number of fused-ring (bicyclic) bond motifs is 1. The van der Waals surface area contributed by atoms with Crippen LogP contribution in [0.1, 0.15) is 25.3 Å². The number of hydrogen-bond acceptors (Lipinski definition) is 7. The van der Waals surface area contributed by atoms with Gasteiger partial charge in [-0.05, 0) is 36.2 Å². The summed E-state index contributed by atoms with van der Waals surface area (Å²) < 4.78 is 7.40. The minimum atomic E-state index is 0.190. The highest BCUT2D eigenvalue weighted by atomic mass is 16.5. The third-order valence-electron chi connectivity index (χ3n) is 5.71. The monoisotopic (exact) mass is 451 g/mol. The minimum Gasteiger partial charge on any atom is -0.378 e. The molecule has 1 aliphatic heterocycles. The predicted octanol–water partition coefficient (Wildman–Crippen LogP) is 2.62. The predicted molar refractivity (Wildman–Crippen MR) is 131 cm³/mol. The SMILES string of the molecule is CCCNc1nc(NC)nc2cc(-n3ccc(CNCCC(=O)N4CCOCC4)c3)ccc12. The molecule has 9 nitrogen and oxygen atoms in total. The van der Waals surface area contributed by atoms with Gasteiger partial charge in [0.15, 0.2) is 0 Å². The molecule has 1 aromatic carbocycles. The molecule has 3 aromatic rings. The number of rotatable bonds is 10. The Morgan fingerprint density at radius 1 is 1.15 bits per heavy atom. The number of aromatic nitrogens is 3. The van der Waals surface area contributed by atoms with E-state index >= 15 is 0 Å². The molecule has 0 radical (unpaired) electrons. The molecule has 2 aromatic heterocycles. The molecular formula is C24H33N7O2. The van der Waals surface area contributed by atoms with Crippen LogP contribution in [0.5, 0.6) is 0 Å². The van der Waals surface area contributed by atoms with Crippen LogP contribution in [0.4, 0.5) is 11.8 Å². The normalized spacial score (nSPS) is 13.9. The van der Waals surface area contributed by atoms with Gasteiger partial charge in [0.1, 0.15) is 5.82 Å². The van der Waals surface area contributed by atoms with Crippen molar-refractivity contribution in [3.05, 3.63) is 42.2 Å². The van der Waals surface area contributed by atoms with E-state index in [1.165, 1.54) is 0 Å². The summed E-state index contributed by atoms with van der Waals surface area (Å²) in [5.41, 5.74) is 3.09. The summed E-state index contributed by atoms with van der Waals surface area (Å²) in [5.74, 6) is 1.64. The number of morpholine rings is 1. The fourth-order valence-corrected chi connectivity index (χ4v) is 3.87. The Labute approximate surface area is 194 Å². The number of nitrogens with zero attached hydrogens (tertiary/aromatic N) is 4. The summed E-state index contributed by atoms with van der Waals surface area (Å²) in [4.78, 5) is 23.3. The van der Waals surface area contributed by atoms with Crippen LogP contribution in [-0.2, 0) is 16.1 Å². The van der Waals surface area contributed by atoms with Crippen LogP contribution in [0.25, 0.3) is 16.6 Å². The molecule has 4 rings (SSSR count). The van der Waals surface area contributed by atoms with Gasteiger partial charge in [-0.25, -0.2) is 4.98 Å². The molecule has 33 heavy (non-hydrogen) atoms. The molecule has 0 unspecified atom stereocenters. The number of nitrogens with one attached hydrogen (secondary N) is 3. The van der Waals surface area contributed by atoms with Crippen molar-refractivity contribution >= 4 is 28.6 Å². The zero-order valence-electron chi connectivity index (χ0n) is 19.4. The van der Waals surface area contributed by atoms with E-state index in [0.717, 1.165) is 40.9 Å². The summed E-state index contributed by atoms with van der Waals surface area (Å²) in [6, 6.07) is 8.32. The molecule has 0 saturated carbocycles. The molecule has 0 atom stereocenters. The van der Waals surface area contributed by atoms with Gasteiger partial charge in [0.2, 0.25) is 11.9 Å². The zero-order valence-corrected chi connectivity index (χ0v) is 19.4. The highest BCUT2D eigenvalue weighted by Crippen LogP contribution is 2.25. The maximum Gasteiger partial charge on any atom is 0.224 e. The van der Waals surface area contributed by atoms with E-state index < -0.39 is 0 Å². The number of benzene rings is 1. The lowest BCUT2D eigenvalue weighted by Crippen LogP contribution is -2.41. The van der Waals surface area contributed by atoms with Crippen molar-refractivity contribution in [1.82, 2.24) is 24.8 Å². The Kier molecular flexibility index (Phi) is 7.74. The molecule has 0 aliphatic carbocycles. The van der Waals surface area contributed by atoms with Crippen molar-refractivity contribution in [2.24, 2.45) is 0 Å². The van der Waals surface area contributed by atoms with E-state index in [9.17, 15) is 4.79 Å². The standard InChI is InChI=1S/C24H33N7O2/c1-3-8-27-23-20-5-4-19(15-21(20)28-24(25-2)29-23)31-10-7-18(17-31)16-26-9-6-22(32)30-11-13-33-14-12-30/h4-5,7,10,15,17,26H,3,6,8-9,11-14,16H2,1-2H3,(H2,25,27,28,29). The third kappa shape index (κ3) is 5.80. The van der Waals surface area contributed by atoms with Crippen molar-refractivity contribution in [2.45, 2.75) is 26.3 Å². The smallest absolute Gasteiger partial charge is 0.224 e. The van der Waals surface area contributed by atoms with E-state index in [-0.39, 0.29) is 5.91 Å². The second-order valence-corrected chi connectivity index (χ2v) is 8.12. The number of amides is 1. The molecule has 1 amide bonds. The van der Waals surface area contributed by atoms with Crippen molar-refractivity contribution in [1.29, 1.82) is 0 Å². The van der Waals surface area contributed by atoms with Gasteiger partial charge >= 0.3 is 0 Å². The van der Waals surface area contributed by atoms with Crippen molar-refractivity contribution in [2.75, 3.05) is 57.1 Å². The Hall–Kier alpha value is -3.17. The highest BCUT2D eigenvalue weighted by Gasteiger charge is 2.16. The van der Waals surface area contributed by atoms with Gasteiger partial charge in [-0.1, -0.05) is 6.92 Å². The molecule has 9 heteroatoms. The molecule has 0 spiro atoms. The van der Waals surface area contributed by atoms with Crippen LogP contribution in [0.15, 0.2) is 36.7 Å². The van der Waals surface area contributed by atoms with E-state index in [0.29, 0.717) is 51.8 Å². The van der Waals surface area contributed by atoms with Crippen LogP contribution < -0.4 is 16.0 Å². The van der Waals surface area contributed by atoms with Crippen LogP contribution in [0.3, 0.4) is 0 Å². The lowest BCUT2D eigenvalue weighted by molar-refractivity contribution is -0.135. The van der Waals surface area contributed by atoms with Crippen molar-refractivity contribution in [3.63, 3.8) is 0 Å². The van der Waals surface area contributed by atoms with Crippen LogP contribution >= 0.6 is 0 Å². The Morgan fingerprint density at radius 2 is 2.00 bits per heavy atom. The summed E-state index contributed by atoms with van der Waals surface area (Å²) in [7, 11) is 1.83. The second-order valence-electron chi connectivity index (χ2n) is 8.12. The molecule has 1 fully saturated rings. The van der Waals surface area contributed by atoms with Gasteiger partial charge in [-0.15, -0.1) is 0 Å². The van der Waals surface area contributed by atoms with Gasteiger partial charge in [0.05, 0.1) is 18.7 Å². The van der Waals surface area contributed by atoms with Gasteiger partial charge < -0.3 is 30.2 Å². The molecule has 1 aliphatic rings. The lowest BCUT2D eigenvalue weighted by Gasteiger charge is -2.26. The van der Waals surface area contributed by atoms with Crippen molar-refractivity contribution < 1.29 is 9.53 Å². The Bertz CT molecular complexity index is 1080. The molecule has 1 saturated heterocycles. The maximum absolute atomic E-state index is 12.2. The quantitative estimate of drug-likeness (QED) is 0.408.